The molecule has 3 rings (SSSR count). The summed E-state index contributed by atoms with van der Waals surface area (Å²) in [6.07, 6.45) is 1.37. The van der Waals surface area contributed by atoms with E-state index in [4.69, 9.17) is 0 Å². The van der Waals surface area contributed by atoms with E-state index >= 15 is 0 Å². The van der Waals surface area contributed by atoms with Crippen LogP contribution in [0.15, 0.2) is 54.6 Å². The van der Waals surface area contributed by atoms with Gasteiger partial charge >= 0.3 is 0 Å². The molecule has 1 aromatic heterocycles. The van der Waals surface area contributed by atoms with E-state index in [1.54, 1.807) is 0 Å². The first-order valence-corrected chi connectivity index (χ1v) is 7.32. The van der Waals surface area contributed by atoms with E-state index < -0.39 is 0 Å². The van der Waals surface area contributed by atoms with Gasteiger partial charge in [-0.15, -0.1) is 0 Å². The van der Waals surface area contributed by atoms with Crippen molar-refractivity contribution < 1.29 is 4.79 Å². The molecular weight excluding hydrogens is 260 g/mol. The van der Waals surface area contributed by atoms with Crippen molar-refractivity contribution in [1.29, 1.82) is 0 Å². The van der Waals surface area contributed by atoms with Gasteiger partial charge in [-0.25, -0.2) is 4.98 Å². The number of carbonyl (C=O) groups is 1. The second-order valence-corrected chi connectivity index (χ2v) is 5.13. The summed E-state index contributed by atoms with van der Waals surface area (Å²) in [4.78, 5) is 17.0. The molecule has 0 saturated heterocycles. The zero-order chi connectivity index (χ0) is 14.7. The van der Waals surface area contributed by atoms with Gasteiger partial charge in [-0.2, -0.15) is 0 Å². The zero-order valence-corrected chi connectivity index (χ0v) is 12.1. The highest BCUT2D eigenvalue weighted by Crippen LogP contribution is 2.18. The number of carbonyl (C=O) groups excluding carboxylic acids is 1. The van der Waals surface area contributed by atoms with Crippen LogP contribution in [0.2, 0.25) is 0 Å². The largest absolute Gasteiger partial charge is 0.328 e. The van der Waals surface area contributed by atoms with Crippen molar-refractivity contribution in [2.24, 2.45) is 0 Å². The molecule has 0 aliphatic rings. The molecule has 0 aliphatic carbocycles. The van der Waals surface area contributed by atoms with Crippen LogP contribution in [0.5, 0.6) is 0 Å². The minimum atomic E-state index is 0.114. The fraction of sp³-hybridized carbons (Fsp3) is 0.222. The predicted octanol–water partition coefficient (Wildman–Crippen LogP) is 3.87. The van der Waals surface area contributed by atoms with Crippen LogP contribution in [0.4, 0.5) is 0 Å². The number of benzene rings is 2. The molecular formula is C18H18N2O. The van der Waals surface area contributed by atoms with Crippen molar-refractivity contribution in [2.45, 2.75) is 26.3 Å². The molecule has 0 amide bonds. The molecule has 1 heterocycles. The fourth-order valence-corrected chi connectivity index (χ4v) is 2.60. The van der Waals surface area contributed by atoms with Crippen LogP contribution < -0.4 is 0 Å². The second kappa shape index (κ2) is 5.92. The third-order valence-corrected chi connectivity index (χ3v) is 3.60. The van der Waals surface area contributed by atoms with Crippen molar-refractivity contribution in [3.63, 3.8) is 0 Å². The van der Waals surface area contributed by atoms with E-state index in [1.807, 2.05) is 48.5 Å². The Kier molecular flexibility index (Phi) is 3.82. The number of para-hydroxylation sites is 2. The minimum absolute atomic E-state index is 0.114. The summed E-state index contributed by atoms with van der Waals surface area (Å²) in [7, 11) is 0. The molecule has 0 saturated carbocycles. The van der Waals surface area contributed by atoms with Crippen LogP contribution in [0, 0.1) is 0 Å². The molecule has 0 radical (unpaired) electrons. The lowest BCUT2D eigenvalue weighted by molar-refractivity contribution is 0.0990. The highest BCUT2D eigenvalue weighted by atomic mass is 16.1. The highest BCUT2D eigenvalue weighted by Gasteiger charge is 2.14. The summed E-state index contributed by atoms with van der Waals surface area (Å²) in [6, 6.07) is 17.5. The van der Waals surface area contributed by atoms with E-state index in [0.29, 0.717) is 6.42 Å². The zero-order valence-electron chi connectivity index (χ0n) is 12.1. The maximum absolute atomic E-state index is 12.4. The van der Waals surface area contributed by atoms with Gasteiger partial charge < -0.3 is 4.57 Å². The van der Waals surface area contributed by atoms with Gasteiger partial charge in [0.05, 0.1) is 17.5 Å². The van der Waals surface area contributed by atoms with Gasteiger partial charge in [-0.05, 0) is 18.6 Å². The van der Waals surface area contributed by atoms with Crippen LogP contribution >= 0.6 is 0 Å². The van der Waals surface area contributed by atoms with Crippen LogP contribution in [0.3, 0.4) is 0 Å². The van der Waals surface area contributed by atoms with Crippen LogP contribution in [-0.2, 0) is 13.0 Å². The number of hydrogen-bond donors (Lipinski definition) is 0. The first-order valence-electron chi connectivity index (χ1n) is 7.32. The maximum Gasteiger partial charge on any atom is 0.170 e. The Morgan fingerprint density at radius 2 is 1.76 bits per heavy atom. The molecule has 3 aromatic rings. The number of rotatable bonds is 5. The summed E-state index contributed by atoms with van der Waals surface area (Å²) in [5.74, 6) is 0.968. The van der Waals surface area contributed by atoms with Gasteiger partial charge in [0.2, 0.25) is 0 Å². The lowest BCUT2D eigenvalue weighted by Gasteiger charge is -2.07. The normalized spacial score (nSPS) is 10.9. The van der Waals surface area contributed by atoms with Gasteiger partial charge in [0.15, 0.2) is 5.78 Å². The minimum Gasteiger partial charge on any atom is -0.328 e. The Morgan fingerprint density at radius 3 is 2.52 bits per heavy atom. The number of Topliss-reactive ketones (excluding diaryl/α,β-unsaturated/α-hetero) is 1. The highest BCUT2D eigenvalue weighted by molar-refractivity contribution is 5.97. The van der Waals surface area contributed by atoms with Gasteiger partial charge in [-0.3, -0.25) is 4.79 Å². The molecule has 0 spiro atoms. The first-order chi connectivity index (χ1) is 10.3. The van der Waals surface area contributed by atoms with Gasteiger partial charge in [0, 0.05) is 12.1 Å². The number of imidazole rings is 1. The summed E-state index contributed by atoms with van der Waals surface area (Å²) >= 11 is 0. The molecule has 3 heteroatoms. The molecule has 0 unspecified atom stereocenters. The number of fused-ring (bicyclic) bond motifs is 1. The average molecular weight is 278 g/mol. The smallest absolute Gasteiger partial charge is 0.170 e. The van der Waals surface area contributed by atoms with Crippen molar-refractivity contribution in [3.8, 4) is 0 Å². The molecule has 0 aliphatic heterocycles. The molecule has 21 heavy (non-hydrogen) atoms. The monoisotopic (exact) mass is 278 g/mol. The SMILES string of the molecule is CCCn1c(CC(=O)c2ccccc2)nc2ccccc21. The summed E-state index contributed by atoms with van der Waals surface area (Å²) in [5.41, 5.74) is 2.81. The Hall–Kier alpha value is -2.42. The first kappa shape index (κ1) is 13.6. The number of hydrogen-bond acceptors (Lipinski definition) is 2. The Labute approximate surface area is 124 Å². The van der Waals surface area contributed by atoms with Crippen LogP contribution in [0.1, 0.15) is 29.5 Å². The molecule has 0 bridgehead atoms. The van der Waals surface area contributed by atoms with Gasteiger partial charge in [0.1, 0.15) is 5.82 Å². The number of aromatic nitrogens is 2. The lowest BCUT2D eigenvalue weighted by Crippen LogP contribution is -2.10. The number of nitrogens with zero attached hydrogens (tertiary/aromatic N) is 2. The molecule has 0 atom stereocenters. The number of aryl methyl sites for hydroxylation is 1. The van der Waals surface area contributed by atoms with Crippen molar-refractivity contribution in [1.82, 2.24) is 9.55 Å². The third kappa shape index (κ3) is 2.72. The summed E-state index contributed by atoms with van der Waals surface area (Å²) < 4.78 is 2.16. The number of ketones is 1. The average Bonchev–Trinajstić information content (AvgIpc) is 2.86. The van der Waals surface area contributed by atoms with E-state index in [1.165, 1.54) is 0 Å². The molecule has 0 N–H and O–H groups in total. The summed E-state index contributed by atoms with van der Waals surface area (Å²) in [6.45, 7) is 3.02. The molecule has 3 nitrogen and oxygen atoms in total. The predicted molar refractivity (Wildman–Crippen MR) is 84.5 cm³/mol. The topological polar surface area (TPSA) is 34.9 Å². The van der Waals surface area contributed by atoms with Gasteiger partial charge in [-0.1, -0.05) is 49.4 Å². The lowest BCUT2D eigenvalue weighted by atomic mass is 10.1. The third-order valence-electron chi connectivity index (χ3n) is 3.60. The summed E-state index contributed by atoms with van der Waals surface area (Å²) in [5, 5.41) is 0. The molecule has 0 fully saturated rings. The van der Waals surface area contributed by atoms with Crippen molar-refractivity contribution in [3.05, 3.63) is 66.0 Å². The molecule has 2 aromatic carbocycles. The Morgan fingerprint density at radius 1 is 1.05 bits per heavy atom. The van der Waals surface area contributed by atoms with Crippen LogP contribution in [0.25, 0.3) is 11.0 Å². The fourth-order valence-electron chi connectivity index (χ4n) is 2.60. The quantitative estimate of drug-likeness (QED) is 0.664. The van der Waals surface area contributed by atoms with Crippen LogP contribution in [-0.4, -0.2) is 15.3 Å². The van der Waals surface area contributed by atoms with Crippen molar-refractivity contribution in [2.75, 3.05) is 0 Å². The standard InChI is InChI=1S/C18H18N2O/c1-2-12-20-16-11-7-6-10-15(16)19-18(20)13-17(21)14-8-4-3-5-9-14/h3-11H,2,12-13H2,1H3. The van der Waals surface area contributed by atoms with E-state index in [2.05, 4.69) is 22.5 Å². The van der Waals surface area contributed by atoms with Crippen molar-refractivity contribution >= 4 is 16.8 Å². The molecule has 106 valence electrons. The van der Waals surface area contributed by atoms with Gasteiger partial charge in [0.25, 0.3) is 0 Å². The Bertz CT molecular complexity index is 759. The maximum atomic E-state index is 12.4. The van der Waals surface area contributed by atoms with E-state index in [0.717, 1.165) is 35.4 Å². The Balaban J connectivity index is 1.96. The second-order valence-electron chi connectivity index (χ2n) is 5.13. The van der Waals surface area contributed by atoms with E-state index in [-0.39, 0.29) is 5.78 Å². The van der Waals surface area contributed by atoms with E-state index in [9.17, 15) is 4.79 Å².